The molecule has 0 aromatic rings. The van der Waals surface area contributed by atoms with Crippen LogP contribution in [0.25, 0.3) is 0 Å². The predicted octanol–water partition coefficient (Wildman–Crippen LogP) is 0.893. The van der Waals surface area contributed by atoms with E-state index in [1.807, 2.05) is 4.90 Å². The van der Waals surface area contributed by atoms with E-state index in [-0.39, 0.29) is 23.3 Å². The molecule has 0 aliphatic carbocycles. The molecular weight excluding hydrogens is 254 g/mol. The summed E-state index contributed by atoms with van der Waals surface area (Å²) < 4.78 is 0. The van der Waals surface area contributed by atoms with Gasteiger partial charge in [-0.05, 0) is 45.2 Å². The first kappa shape index (κ1) is 15.3. The minimum Gasteiger partial charge on any atom is -0.353 e. The molecule has 2 heterocycles. The number of nitrogens with one attached hydrogen (secondary N) is 2. The highest BCUT2D eigenvalue weighted by Crippen LogP contribution is 2.33. The molecule has 2 saturated heterocycles. The molecule has 2 aliphatic rings. The fourth-order valence-corrected chi connectivity index (χ4v) is 3.32. The van der Waals surface area contributed by atoms with Crippen molar-refractivity contribution in [1.82, 2.24) is 15.5 Å². The van der Waals surface area contributed by atoms with E-state index < -0.39 is 0 Å². The maximum Gasteiger partial charge on any atom is 0.226 e. The molecule has 0 atom stereocenters. The zero-order valence-corrected chi connectivity index (χ0v) is 12.7. The van der Waals surface area contributed by atoms with Crippen molar-refractivity contribution < 1.29 is 9.59 Å². The van der Waals surface area contributed by atoms with Gasteiger partial charge < -0.3 is 15.5 Å². The molecule has 2 fully saturated rings. The molecule has 5 heteroatoms. The van der Waals surface area contributed by atoms with Crippen molar-refractivity contribution in [3.63, 3.8) is 0 Å². The third kappa shape index (κ3) is 3.32. The maximum atomic E-state index is 12.6. The molecule has 2 aliphatic heterocycles. The smallest absolute Gasteiger partial charge is 0.226 e. The van der Waals surface area contributed by atoms with Crippen molar-refractivity contribution in [2.75, 3.05) is 26.2 Å². The van der Waals surface area contributed by atoms with Gasteiger partial charge in [0.1, 0.15) is 0 Å². The lowest BCUT2D eigenvalue weighted by Crippen LogP contribution is -2.52. The average molecular weight is 281 g/mol. The Bertz CT molecular complexity index is 356. The number of nitrogens with zero attached hydrogens (tertiary/aromatic N) is 1. The van der Waals surface area contributed by atoms with Crippen LogP contribution >= 0.6 is 0 Å². The molecule has 2 N–H and O–H groups in total. The Labute approximate surface area is 121 Å². The monoisotopic (exact) mass is 281 g/mol. The Kier molecular flexibility index (Phi) is 5.02. The highest BCUT2D eigenvalue weighted by molar-refractivity contribution is 5.83. The van der Waals surface area contributed by atoms with Gasteiger partial charge in [-0.3, -0.25) is 9.59 Å². The quantitative estimate of drug-likeness (QED) is 0.808. The van der Waals surface area contributed by atoms with Gasteiger partial charge in [0.25, 0.3) is 0 Å². The standard InChI is InChI=1S/C15H27N3O2/c1-3-15(6-8-16-9-7-15)14(20)17-13-4-10-18(11-5-13)12(2)19/h13,16H,3-11H2,1-2H3,(H,17,20). The largest absolute Gasteiger partial charge is 0.353 e. The number of hydrogen-bond donors (Lipinski definition) is 2. The van der Waals surface area contributed by atoms with E-state index in [0.717, 1.165) is 58.3 Å². The van der Waals surface area contributed by atoms with Gasteiger partial charge in [0.05, 0.1) is 5.41 Å². The summed E-state index contributed by atoms with van der Waals surface area (Å²) in [6.07, 6.45) is 4.53. The topological polar surface area (TPSA) is 61.4 Å². The van der Waals surface area contributed by atoms with Gasteiger partial charge in [0, 0.05) is 26.1 Å². The van der Waals surface area contributed by atoms with Gasteiger partial charge >= 0.3 is 0 Å². The molecule has 0 bridgehead atoms. The highest BCUT2D eigenvalue weighted by atomic mass is 16.2. The molecule has 0 radical (unpaired) electrons. The van der Waals surface area contributed by atoms with Crippen molar-refractivity contribution in [3.8, 4) is 0 Å². The number of carbonyl (C=O) groups excluding carboxylic acids is 2. The fourth-order valence-electron chi connectivity index (χ4n) is 3.32. The number of piperidine rings is 2. The van der Waals surface area contributed by atoms with Crippen LogP contribution < -0.4 is 10.6 Å². The highest BCUT2D eigenvalue weighted by Gasteiger charge is 2.38. The van der Waals surface area contributed by atoms with Crippen molar-refractivity contribution >= 4 is 11.8 Å². The summed E-state index contributed by atoms with van der Waals surface area (Å²) in [5.41, 5.74) is -0.178. The van der Waals surface area contributed by atoms with Crippen LogP contribution in [0.5, 0.6) is 0 Å². The number of amides is 2. The van der Waals surface area contributed by atoms with E-state index in [9.17, 15) is 9.59 Å². The molecule has 0 saturated carbocycles. The van der Waals surface area contributed by atoms with E-state index in [1.54, 1.807) is 6.92 Å². The zero-order valence-electron chi connectivity index (χ0n) is 12.7. The summed E-state index contributed by atoms with van der Waals surface area (Å²) in [6, 6.07) is 0.233. The summed E-state index contributed by atoms with van der Waals surface area (Å²) in [4.78, 5) is 25.8. The summed E-state index contributed by atoms with van der Waals surface area (Å²) in [5.74, 6) is 0.362. The SMILES string of the molecule is CCC1(C(=O)NC2CCN(C(C)=O)CC2)CCNCC1. The van der Waals surface area contributed by atoms with Gasteiger partial charge in [0.15, 0.2) is 0 Å². The Balaban J connectivity index is 1.86. The lowest BCUT2D eigenvalue weighted by atomic mass is 9.75. The third-order valence-corrected chi connectivity index (χ3v) is 4.99. The molecular formula is C15H27N3O2. The Hall–Kier alpha value is -1.10. The van der Waals surface area contributed by atoms with Crippen molar-refractivity contribution in [2.45, 2.75) is 52.0 Å². The number of hydrogen-bond acceptors (Lipinski definition) is 3. The number of carbonyl (C=O) groups is 2. The normalized spacial score (nSPS) is 23.4. The lowest BCUT2D eigenvalue weighted by Gasteiger charge is -2.38. The number of likely N-dealkylation sites (tertiary alicyclic amines) is 1. The van der Waals surface area contributed by atoms with Gasteiger partial charge in [-0.1, -0.05) is 6.92 Å². The van der Waals surface area contributed by atoms with Crippen LogP contribution in [-0.2, 0) is 9.59 Å². The summed E-state index contributed by atoms with van der Waals surface area (Å²) in [7, 11) is 0. The van der Waals surface area contributed by atoms with Crippen LogP contribution in [0.2, 0.25) is 0 Å². The van der Waals surface area contributed by atoms with Crippen LogP contribution in [0.1, 0.15) is 46.0 Å². The van der Waals surface area contributed by atoms with Gasteiger partial charge in [-0.25, -0.2) is 0 Å². The average Bonchev–Trinajstić information content (AvgIpc) is 2.48. The summed E-state index contributed by atoms with van der Waals surface area (Å²) >= 11 is 0. The van der Waals surface area contributed by atoms with Crippen molar-refractivity contribution in [1.29, 1.82) is 0 Å². The summed E-state index contributed by atoms with van der Waals surface area (Å²) in [6.45, 7) is 7.12. The van der Waals surface area contributed by atoms with Crippen LogP contribution in [-0.4, -0.2) is 48.9 Å². The van der Waals surface area contributed by atoms with E-state index in [1.165, 1.54) is 0 Å². The number of rotatable bonds is 3. The Morgan fingerprint density at radius 3 is 2.35 bits per heavy atom. The Morgan fingerprint density at radius 1 is 1.25 bits per heavy atom. The van der Waals surface area contributed by atoms with Gasteiger partial charge in [0.2, 0.25) is 11.8 Å². The first-order valence-corrected chi connectivity index (χ1v) is 7.84. The van der Waals surface area contributed by atoms with E-state index in [4.69, 9.17) is 0 Å². The van der Waals surface area contributed by atoms with Crippen LogP contribution in [0, 0.1) is 5.41 Å². The molecule has 0 spiro atoms. The van der Waals surface area contributed by atoms with E-state index in [2.05, 4.69) is 17.6 Å². The molecule has 114 valence electrons. The van der Waals surface area contributed by atoms with Crippen LogP contribution in [0.15, 0.2) is 0 Å². The molecule has 2 rings (SSSR count). The first-order valence-electron chi connectivity index (χ1n) is 7.84. The maximum absolute atomic E-state index is 12.6. The molecule has 0 unspecified atom stereocenters. The van der Waals surface area contributed by atoms with Crippen molar-refractivity contribution in [2.24, 2.45) is 5.41 Å². The molecule has 0 aromatic heterocycles. The zero-order chi connectivity index (χ0) is 14.6. The van der Waals surface area contributed by atoms with E-state index in [0.29, 0.717) is 0 Å². The summed E-state index contributed by atoms with van der Waals surface area (Å²) in [5, 5.41) is 6.56. The second-order valence-electron chi connectivity index (χ2n) is 6.14. The van der Waals surface area contributed by atoms with Gasteiger partial charge in [-0.2, -0.15) is 0 Å². The molecule has 20 heavy (non-hydrogen) atoms. The third-order valence-electron chi connectivity index (χ3n) is 4.99. The molecule has 2 amide bonds. The minimum absolute atomic E-state index is 0.137. The minimum atomic E-state index is -0.178. The van der Waals surface area contributed by atoms with Gasteiger partial charge in [-0.15, -0.1) is 0 Å². The van der Waals surface area contributed by atoms with Crippen LogP contribution in [0.4, 0.5) is 0 Å². The molecule has 0 aromatic carbocycles. The molecule has 5 nitrogen and oxygen atoms in total. The van der Waals surface area contributed by atoms with E-state index >= 15 is 0 Å². The Morgan fingerprint density at radius 2 is 1.85 bits per heavy atom. The lowest BCUT2D eigenvalue weighted by molar-refractivity contribution is -0.134. The second kappa shape index (κ2) is 6.57. The fraction of sp³-hybridized carbons (Fsp3) is 0.867. The van der Waals surface area contributed by atoms with Crippen LogP contribution in [0.3, 0.4) is 0 Å². The first-order chi connectivity index (χ1) is 9.57. The predicted molar refractivity (Wildman–Crippen MR) is 78.2 cm³/mol. The second-order valence-corrected chi connectivity index (χ2v) is 6.14. The van der Waals surface area contributed by atoms with Crippen molar-refractivity contribution in [3.05, 3.63) is 0 Å².